The van der Waals surface area contributed by atoms with E-state index in [0.717, 1.165) is 24.1 Å². The molecule has 0 radical (unpaired) electrons. The van der Waals surface area contributed by atoms with Gasteiger partial charge in [0.1, 0.15) is 6.04 Å². The second kappa shape index (κ2) is 7.13. The van der Waals surface area contributed by atoms with E-state index in [1.54, 1.807) is 0 Å². The number of hydrogen-bond acceptors (Lipinski definition) is 3. The van der Waals surface area contributed by atoms with Crippen LogP contribution in [0, 0.1) is 6.92 Å². The summed E-state index contributed by atoms with van der Waals surface area (Å²) < 4.78 is 0. The van der Waals surface area contributed by atoms with Gasteiger partial charge in [-0.15, -0.1) is 0 Å². The standard InChI is InChI=1S/C14H22N2O2/c1-11-5-7-12(8-6-11)13(14(17)18)15-9-4-10-16(2)3/h5-8,13,15H,4,9-10H2,1-3H3,(H,17,18). The van der Waals surface area contributed by atoms with Gasteiger partial charge in [0.15, 0.2) is 0 Å². The highest BCUT2D eigenvalue weighted by molar-refractivity contribution is 5.75. The van der Waals surface area contributed by atoms with Crippen LogP contribution in [0.1, 0.15) is 23.6 Å². The van der Waals surface area contributed by atoms with E-state index in [1.807, 2.05) is 45.3 Å². The van der Waals surface area contributed by atoms with Crippen molar-refractivity contribution in [2.75, 3.05) is 27.2 Å². The van der Waals surface area contributed by atoms with Crippen molar-refractivity contribution in [2.24, 2.45) is 0 Å². The Morgan fingerprint density at radius 2 is 1.94 bits per heavy atom. The van der Waals surface area contributed by atoms with Crippen LogP contribution in [0.25, 0.3) is 0 Å². The zero-order valence-corrected chi connectivity index (χ0v) is 11.3. The largest absolute Gasteiger partial charge is 0.480 e. The Morgan fingerprint density at radius 3 is 2.44 bits per heavy atom. The fourth-order valence-electron chi connectivity index (χ4n) is 1.75. The van der Waals surface area contributed by atoms with Crippen LogP contribution in [-0.2, 0) is 4.79 Å². The fourth-order valence-corrected chi connectivity index (χ4v) is 1.75. The lowest BCUT2D eigenvalue weighted by atomic mass is 10.1. The third-order valence-electron chi connectivity index (χ3n) is 2.79. The minimum atomic E-state index is -0.830. The Balaban J connectivity index is 2.55. The number of carboxylic acid groups (broad SMARTS) is 1. The summed E-state index contributed by atoms with van der Waals surface area (Å²) in [7, 11) is 4.02. The SMILES string of the molecule is Cc1ccc(C(NCCCN(C)C)C(=O)O)cc1. The Kier molecular flexibility index (Phi) is 5.82. The molecule has 4 nitrogen and oxygen atoms in total. The van der Waals surface area contributed by atoms with Crippen LogP contribution >= 0.6 is 0 Å². The molecule has 100 valence electrons. The first-order chi connectivity index (χ1) is 8.50. The zero-order chi connectivity index (χ0) is 13.5. The van der Waals surface area contributed by atoms with Crippen LogP contribution in [0.15, 0.2) is 24.3 Å². The van der Waals surface area contributed by atoms with E-state index < -0.39 is 12.0 Å². The number of carbonyl (C=O) groups is 1. The highest BCUT2D eigenvalue weighted by Crippen LogP contribution is 2.14. The maximum absolute atomic E-state index is 11.2. The lowest BCUT2D eigenvalue weighted by Crippen LogP contribution is -2.30. The maximum atomic E-state index is 11.2. The van der Waals surface area contributed by atoms with Crippen molar-refractivity contribution in [3.05, 3.63) is 35.4 Å². The molecule has 0 fully saturated rings. The number of carboxylic acids is 1. The Morgan fingerprint density at radius 1 is 1.33 bits per heavy atom. The molecule has 0 aromatic heterocycles. The van der Waals surface area contributed by atoms with Crippen LogP contribution in [0.4, 0.5) is 0 Å². The van der Waals surface area contributed by atoms with Gasteiger partial charge in [-0.05, 0) is 46.1 Å². The number of nitrogens with zero attached hydrogens (tertiary/aromatic N) is 1. The highest BCUT2D eigenvalue weighted by Gasteiger charge is 2.18. The lowest BCUT2D eigenvalue weighted by molar-refractivity contribution is -0.139. The van der Waals surface area contributed by atoms with Gasteiger partial charge in [0, 0.05) is 0 Å². The number of rotatable bonds is 7. The first-order valence-electron chi connectivity index (χ1n) is 6.18. The van der Waals surface area contributed by atoms with Gasteiger partial charge in [0.05, 0.1) is 0 Å². The summed E-state index contributed by atoms with van der Waals surface area (Å²) in [6, 6.07) is 6.99. The van der Waals surface area contributed by atoms with Gasteiger partial charge in [-0.25, -0.2) is 0 Å². The van der Waals surface area contributed by atoms with Crippen molar-refractivity contribution in [3.8, 4) is 0 Å². The van der Waals surface area contributed by atoms with Gasteiger partial charge < -0.3 is 15.3 Å². The Bertz CT molecular complexity index is 374. The van der Waals surface area contributed by atoms with Crippen molar-refractivity contribution in [2.45, 2.75) is 19.4 Å². The molecule has 0 aliphatic rings. The molecule has 1 aromatic rings. The molecule has 2 N–H and O–H groups in total. The molecular weight excluding hydrogens is 228 g/mol. The molecule has 0 saturated heterocycles. The topological polar surface area (TPSA) is 52.6 Å². The summed E-state index contributed by atoms with van der Waals surface area (Å²) in [6.45, 7) is 3.64. The molecule has 0 aliphatic heterocycles. The molecular formula is C14H22N2O2. The molecule has 0 spiro atoms. The van der Waals surface area contributed by atoms with Crippen LogP contribution in [0.5, 0.6) is 0 Å². The molecule has 1 unspecified atom stereocenters. The average molecular weight is 250 g/mol. The van der Waals surface area contributed by atoms with Crippen molar-refractivity contribution in [3.63, 3.8) is 0 Å². The molecule has 1 aromatic carbocycles. The van der Waals surface area contributed by atoms with Gasteiger partial charge in [-0.2, -0.15) is 0 Å². The third kappa shape index (κ3) is 4.85. The van der Waals surface area contributed by atoms with Crippen LogP contribution < -0.4 is 5.32 Å². The van der Waals surface area contributed by atoms with E-state index in [1.165, 1.54) is 0 Å². The number of aliphatic carboxylic acids is 1. The lowest BCUT2D eigenvalue weighted by Gasteiger charge is -2.16. The minimum Gasteiger partial charge on any atom is -0.480 e. The fraction of sp³-hybridized carbons (Fsp3) is 0.500. The van der Waals surface area contributed by atoms with E-state index in [4.69, 9.17) is 0 Å². The second-order valence-corrected chi connectivity index (χ2v) is 4.79. The molecule has 1 atom stereocenters. The summed E-state index contributed by atoms with van der Waals surface area (Å²) >= 11 is 0. The van der Waals surface area contributed by atoms with E-state index in [9.17, 15) is 9.90 Å². The summed E-state index contributed by atoms with van der Waals surface area (Å²) in [5.41, 5.74) is 1.94. The molecule has 4 heteroatoms. The van der Waals surface area contributed by atoms with E-state index in [0.29, 0.717) is 6.54 Å². The maximum Gasteiger partial charge on any atom is 0.325 e. The van der Waals surface area contributed by atoms with Crippen molar-refractivity contribution in [1.82, 2.24) is 10.2 Å². The quantitative estimate of drug-likeness (QED) is 0.723. The van der Waals surface area contributed by atoms with E-state index in [-0.39, 0.29) is 0 Å². The number of benzene rings is 1. The van der Waals surface area contributed by atoms with Crippen LogP contribution in [0.3, 0.4) is 0 Å². The Labute approximate surface area is 109 Å². The van der Waals surface area contributed by atoms with E-state index >= 15 is 0 Å². The molecule has 0 saturated carbocycles. The molecule has 0 amide bonds. The van der Waals surface area contributed by atoms with Crippen molar-refractivity contribution in [1.29, 1.82) is 0 Å². The van der Waals surface area contributed by atoms with Crippen LogP contribution in [0.2, 0.25) is 0 Å². The average Bonchev–Trinajstić information content (AvgIpc) is 2.30. The van der Waals surface area contributed by atoms with Crippen molar-refractivity contribution < 1.29 is 9.90 Å². The van der Waals surface area contributed by atoms with E-state index in [2.05, 4.69) is 10.2 Å². The number of aryl methyl sites for hydroxylation is 1. The monoisotopic (exact) mass is 250 g/mol. The summed E-state index contributed by atoms with van der Waals surface area (Å²) in [4.78, 5) is 13.3. The van der Waals surface area contributed by atoms with Gasteiger partial charge in [0.2, 0.25) is 0 Å². The predicted octanol–water partition coefficient (Wildman–Crippen LogP) is 1.66. The second-order valence-electron chi connectivity index (χ2n) is 4.79. The first-order valence-corrected chi connectivity index (χ1v) is 6.18. The summed E-state index contributed by atoms with van der Waals surface area (Å²) in [5, 5.41) is 12.3. The molecule has 0 bridgehead atoms. The normalized spacial score (nSPS) is 12.7. The third-order valence-corrected chi connectivity index (χ3v) is 2.79. The molecule has 0 aliphatic carbocycles. The predicted molar refractivity (Wildman–Crippen MR) is 72.7 cm³/mol. The molecule has 1 rings (SSSR count). The highest BCUT2D eigenvalue weighted by atomic mass is 16.4. The zero-order valence-electron chi connectivity index (χ0n) is 11.3. The Hall–Kier alpha value is -1.39. The number of nitrogens with one attached hydrogen (secondary N) is 1. The molecule has 18 heavy (non-hydrogen) atoms. The smallest absolute Gasteiger partial charge is 0.325 e. The summed E-state index contributed by atoms with van der Waals surface area (Å²) in [6.07, 6.45) is 0.933. The summed E-state index contributed by atoms with van der Waals surface area (Å²) in [5.74, 6) is -0.830. The van der Waals surface area contributed by atoms with Crippen LogP contribution in [-0.4, -0.2) is 43.2 Å². The van der Waals surface area contributed by atoms with Gasteiger partial charge in [0.25, 0.3) is 0 Å². The van der Waals surface area contributed by atoms with Crippen molar-refractivity contribution >= 4 is 5.97 Å². The number of hydrogen-bond donors (Lipinski definition) is 2. The first kappa shape index (κ1) is 14.7. The minimum absolute atomic E-state index is 0.618. The van der Waals surface area contributed by atoms with Gasteiger partial charge in [-0.1, -0.05) is 29.8 Å². The van der Waals surface area contributed by atoms with Gasteiger partial charge >= 0.3 is 5.97 Å². The molecule has 0 heterocycles. The van der Waals surface area contributed by atoms with Gasteiger partial charge in [-0.3, -0.25) is 4.79 Å².